The molecular weight excluding hydrogens is 728 g/mol. The highest BCUT2D eigenvalue weighted by atomic mass is 16.6. The van der Waals surface area contributed by atoms with Gasteiger partial charge in [0.25, 0.3) is 0 Å². The molecule has 0 fully saturated rings. The van der Waals surface area contributed by atoms with Crippen molar-refractivity contribution in [3.63, 3.8) is 0 Å². The van der Waals surface area contributed by atoms with Crippen LogP contribution in [0.4, 0.5) is 0 Å². The quantitative estimate of drug-likeness (QED) is 0.0507. The summed E-state index contributed by atoms with van der Waals surface area (Å²) in [7, 11) is 0. The molecule has 0 atom stereocenters. The Bertz CT molecular complexity index is 721. The molecule has 0 saturated heterocycles. The van der Waals surface area contributed by atoms with Crippen molar-refractivity contribution < 1.29 is 66.4 Å². The van der Waals surface area contributed by atoms with Crippen LogP contribution in [0.3, 0.4) is 0 Å². The molecule has 0 radical (unpaired) electrons. The van der Waals surface area contributed by atoms with Crippen molar-refractivity contribution in [3.8, 4) is 0 Å². The van der Waals surface area contributed by atoms with E-state index in [-0.39, 0.29) is 12.6 Å². The predicted octanol–water partition coefficient (Wildman–Crippen LogP) is 6.23. The van der Waals surface area contributed by atoms with Gasteiger partial charge in [0, 0.05) is 13.5 Å². The summed E-state index contributed by atoms with van der Waals surface area (Å²) in [5.74, 6) is -0.310. The highest BCUT2D eigenvalue weighted by Crippen LogP contribution is 2.13. The molecular formula is C42H84O14. The van der Waals surface area contributed by atoms with Crippen LogP contribution in [0, 0.1) is 0 Å². The maximum absolute atomic E-state index is 10.6. The molecule has 0 rings (SSSR count). The SMILES string of the molecule is CCCCCCCCCCCCCCCCOCCOCCOCCOCCOCCOCCOCCOCCOCCOCCOCCOCCOC(C)=O. The summed E-state index contributed by atoms with van der Waals surface area (Å²) >= 11 is 0. The molecule has 0 bridgehead atoms. The van der Waals surface area contributed by atoms with Crippen LogP contribution >= 0.6 is 0 Å². The highest BCUT2D eigenvalue weighted by molar-refractivity contribution is 5.65. The maximum Gasteiger partial charge on any atom is 0.302 e. The average Bonchev–Trinajstić information content (AvgIpc) is 3.20. The largest absolute Gasteiger partial charge is 0.463 e. The lowest BCUT2D eigenvalue weighted by Gasteiger charge is -2.09. The fourth-order valence-corrected chi connectivity index (χ4v) is 5.16. The molecule has 336 valence electrons. The molecule has 14 nitrogen and oxygen atoms in total. The van der Waals surface area contributed by atoms with Crippen molar-refractivity contribution in [2.45, 2.75) is 104 Å². The van der Waals surface area contributed by atoms with E-state index in [9.17, 15) is 4.79 Å². The number of carbonyl (C=O) groups excluding carboxylic acids is 1. The van der Waals surface area contributed by atoms with Crippen LogP contribution < -0.4 is 0 Å². The van der Waals surface area contributed by atoms with Crippen molar-refractivity contribution in [1.82, 2.24) is 0 Å². The summed E-state index contributed by atoms with van der Waals surface area (Å²) in [6, 6.07) is 0. The van der Waals surface area contributed by atoms with E-state index in [1.54, 1.807) is 0 Å². The smallest absolute Gasteiger partial charge is 0.302 e. The Morgan fingerprint density at radius 2 is 0.429 bits per heavy atom. The van der Waals surface area contributed by atoms with Gasteiger partial charge in [0.05, 0.1) is 152 Å². The summed E-state index contributed by atoms with van der Waals surface area (Å²) in [5, 5.41) is 0. The van der Waals surface area contributed by atoms with E-state index in [0.717, 1.165) is 13.0 Å². The molecule has 0 saturated carbocycles. The van der Waals surface area contributed by atoms with Gasteiger partial charge in [-0.1, -0.05) is 90.4 Å². The van der Waals surface area contributed by atoms with Gasteiger partial charge in [-0.3, -0.25) is 4.79 Å². The van der Waals surface area contributed by atoms with Gasteiger partial charge in [0.2, 0.25) is 0 Å². The Hall–Kier alpha value is -1.01. The summed E-state index contributed by atoms with van der Waals surface area (Å²) in [6.45, 7) is 16.5. The first-order valence-corrected chi connectivity index (χ1v) is 21.8. The van der Waals surface area contributed by atoms with Crippen LogP contribution in [0.2, 0.25) is 0 Å². The Morgan fingerprint density at radius 1 is 0.250 bits per heavy atom. The van der Waals surface area contributed by atoms with Gasteiger partial charge < -0.3 is 61.6 Å². The lowest BCUT2D eigenvalue weighted by Crippen LogP contribution is -2.15. The van der Waals surface area contributed by atoms with Gasteiger partial charge in [-0.2, -0.15) is 0 Å². The first-order valence-electron chi connectivity index (χ1n) is 21.8. The topological polar surface area (TPSA) is 137 Å². The van der Waals surface area contributed by atoms with E-state index in [2.05, 4.69) is 6.92 Å². The molecule has 0 amide bonds. The average molecular weight is 813 g/mol. The van der Waals surface area contributed by atoms with Gasteiger partial charge in [0.15, 0.2) is 0 Å². The normalized spacial score (nSPS) is 11.5. The second kappa shape index (κ2) is 52.0. The zero-order valence-electron chi connectivity index (χ0n) is 35.8. The molecule has 56 heavy (non-hydrogen) atoms. The number of ether oxygens (including phenoxy) is 13. The van der Waals surface area contributed by atoms with Crippen LogP contribution in [-0.4, -0.2) is 171 Å². The second-order valence-electron chi connectivity index (χ2n) is 13.3. The number of rotatable bonds is 51. The Morgan fingerprint density at radius 3 is 0.643 bits per heavy atom. The third-order valence-electron chi connectivity index (χ3n) is 8.27. The molecule has 0 aliphatic rings. The number of esters is 1. The molecule has 0 heterocycles. The standard InChI is InChI=1S/C42H84O14/c1-3-4-5-6-7-8-9-10-11-12-13-14-15-16-17-44-18-19-45-20-21-46-22-23-47-24-25-48-26-27-49-28-29-50-30-31-51-32-33-52-34-35-53-36-37-54-38-39-55-40-41-56-42(2)43/h3-41H2,1-2H3. The molecule has 14 heteroatoms. The van der Waals surface area contributed by atoms with Gasteiger partial charge in [-0.25, -0.2) is 0 Å². The third-order valence-corrected chi connectivity index (χ3v) is 8.27. The number of carbonyl (C=O) groups is 1. The molecule has 0 unspecified atom stereocenters. The monoisotopic (exact) mass is 813 g/mol. The molecule has 0 N–H and O–H groups in total. The van der Waals surface area contributed by atoms with E-state index in [4.69, 9.17) is 61.6 Å². The Kier molecular flexibility index (Phi) is 51.1. The van der Waals surface area contributed by atoms with Crippen LogP contribution in [0.15, 0.2) is 0 Å². The molecule has 0 aromatic rings. The zero-order valence-corrected chi connectivity index (χ0v) is 35.8. The van der Waals surface area contributed by atoms with Gasteiger partial charge >= 0.3 is 5.97 Å². The first-order chi connectivity index (χ1) is 27.8. The minimum Gasteiger partial charge on any atom is -0.463 e. The lowest BCUT2D eigenvalue weighted by atomic mass is 10.0. The summed E-state index contributed by atoms with van der Waals surface area (Å²) in [4.78, 5) is 10.6. The predicted molar refractivity (Wildman–Crippen MR) is 217 cm³/mol. The number of hydrogen-bond donors (Lipinski definition) is 0. The van der Waals surface area contributed by atoms with Crippen molar-refractivity contribution in [1.29, 1.82) is 0 Å². The molecule has 0 aliphatic heterocycles. The molecule has 0 spiro atoms. The minimum atomic E-state index is -0.310. The van der Waals surface area contributed by atoms with Crippen LogP contribution in [0.25, 0.3) is 0 Å². The van der Waals surface area contributed by atoms with Crippen molar-refractivity contribution in [2.24, 2.45) is 0 Å². The van der Waals surface area contributed by atoms with Gasteiger partial charge in [0.1, 0.15) is 6.61 Å². The highest BCUT2D eigenvalue weighted by Gasteiger charge is 1.99. The van der Waals surface area contributed by atoms with Crippen molar-refractivity contribution >= 4 is 5.97 Å². The second-order valence-corrected chi connectivity index (χ2v) is 13.3. The summed E-state index contributed by atoms with van der Waals surface area (Å²) < 4.78 is 70.7. The zero-order chi connectivity index (χ0) is 40.3. The summed E-state index contributed by atoms with van der Waals surface area (Å²) in [5.41, 5.74) is 0. The van der Waals surface area contributed by atoms with Crippen molar-refractivity contribution in [3.05, 3.63) is 0 Å². The van der Waals surface area contributed by atoms with Crippen molar-refractivity contribution in [2.75, 3.05) is 165 Å². The van der Waals surface area contributed by atoms with E-state index >= 15 is 0 Å². The van der Waals surface area contributed by atoms with E-state index < -0.39 is 0 Å². The molecule has 0 aromatic heterocycles. The molecule has 0 aliphatic carbocycles. The lowest BCUT2D eigenvalue weighted by molar-refractivity contribution is -0.142. The van der Waals surface area contributed by atoms with Crippen LogP contribution in [0.1, 0.15) is 104 Å². The van der Waals surface area contributed by atoms with Crippen LogP contribution in [0.5, 0.6) is 0 Å². The van der Waals surface area contributed by atoms with Gasteiger partial charge in [-0.05, 0) is 6.42 Å². The molecule has 0 aromatic carbocycles. The third kappa shape index (κ3) is 53.0. The Balaban J connectivity index is 3.06. The number of unbranched alkanes of at least 4 members (excludes halogenated alkanes) is 13. The van der Waals surface area contributed by atoms with Gasteiger partial charge in [-0.15, -0.1) is 0 Å². The first kappa shape index (κ1) is 55.0. The van der Waals surface area contributed by atoms with E-state index in [0.29, 0.717) is 152 Å². The Labute approximate surface area is 340 Å². The van der Waals surface area contributed by atoms with E-state index in [1.807, 2.05) is 0 Å². The fraction of sp³-hybridized carbons (Fsp3) is 0.976. The number of hydrogen-bond acceptors (Lipinski definition) is 14. The van der Waals surface area contributed by atoms with E-state index in [1.165, 1.54) is 90.4 Å². The van der Waals surface area contributed by atoms with Crippen LogP contribution in [-0.2, 0) is 66.4 Å². The maximum atomic E-state index is 10.6. The summed E-state index contributed by atoms with van der Waals surface area (Å²) in [6.07, 6.45) is 19.2. The minimum absolute atomic E-state index is 0.259. The fourth-order valence-electron chi connectivity index (χ4n) is 5.16.